The molecule has 1 heterocycles. The summed E-state index contributed by atoms with van der Waals surface area (Å²) in [6.45, 7) is 5.58. The van der Waals surface area contributed by atoms with Gasteiger partial charge in [-0.1, -0.05) is 12.7 Å². The molecule has 84 valence electrons. The second-order valence-electron chi connectivity index (χ2n) is 3.02. The van der Waals surface area contributed by atoms with Gasteiger partial charge >= 0.3 is 5.82 Å². The summed E-state index contributed by atoms with van der Waals surface area (Å²) in [6.07, 6.45) is 6.93. The Hall–Kier alpha value is -1.74. The molecule has 0 spiro atoms. The Balaban J connectivity index is 3.12. The molecule has 0 fully saturated rings. The van der Waals surface area contributed by atoms with E-state index in [1.54, 1.807) is 12.2 Å². The first kappa shape index (κ1) is 12.3. The van der Waals surface area contributed by atoms with Gasteiger partial charge in [0.1, 0.15) is 0 Å². The summed E-state index contributed by atoms with van der Waals surface area (Å²) in [5.41, 5.74) is 0.718. The summed E-state index contributed by atoms with van der Waals surface area (Å²) in [7, 11) is 2.45. The highest BCUT2D eigenvalue weighted by Gasteiger charge is 2.12. The van der Waals surface area contributed by atoms with Crippen molar-refractivity contribution in [3.8, 4) is 0 Å². The molecule has 1 rings (SSSR count). The molecule has 1 atom stereocenters. The number of hydrogen-bond donors (Lipinski definition) is 0. The van der Waals surface area contributed by atoms with Crippen molar-refractivity contribution in [2.45, 2.75) is 6.92 Å². The maximum absolute atomic E-state index is 10.5. The van der Waals surface area contributed by atoms with E-state index < -0.39 is 4.92 Å². The number of allylic oxidation sites excluding steroid dienone is 5. The van der Waals surface area contributed by atoms with E-state index in [9.17, 15) is 10.1 Å². The Morgan fingerprint density at radius 3 is 2.88 bits per heavy atom. The molecule has 0 aliphatic heterocycles. The summed E-state index contributed by atoms with van der Waals surface area (Å²) >= 11 is 0. The Kier molecular flexibility index (Phi) is 4.14. The van der Waals surface area contributed by atoms with Crippen LogP contribution in [-0.4, -0.2) is 14.7 Å². The molecule has 0 N–H and O–H groups in total. The van der Waals surface area contributed by atoms with E-state index in [1.165, 1.54) is 16.9 Å². The maximum Gasteiger partial charge on any atom is 0.390 e. The molecule has 5 nitrogen and oxygen atoms in total. The minimum absolute atomic E-state index is 0.176. The average Bonchev–Trinajstić information content (AvgIpc) is 2.65. The van der Waals surface area contributed by atoms with Crippen LogP contribution in [0.3, 0.4) is 0 Å². The van der Waals surface area contributed by atoms with E-state index >= 15 is 0 Å². The van der Waals surface area contributed by atoms with Crippen molar-refractivity contribution in [1.82, 2.24) is 9.78 Å². The third kappa shape index (κ3) is 3.14. The fourth-order valence-corrected chi connectivity index (χ4v) is 1.28. The minimum atomic E-state index is -0.528. The fourth-order valence-electron chi connectivity index (χ4n) is 1.11. The SMILES string of the molecule is C=C(P)/C=C(\C=C/C)n1ccc([N+](=O)[O-])n1. The van der Waals surface area contributed by atoms with E-state index in [2.05, 4.69) is 20.9 Å². The van der Waals surface area contributed by atoms with E-state index in [4.69, 9.17) is 0 Å². The van der Waals surface area contributed by atoms with Crippen LogP contribution in [0.2, 0.25) is 0 Å². The van der Waals surface area contributed by atoms with Crippen LogP contribution in [0.4, 0.5) is 5.82 Å². The van der Waals surface area contributed by atoms with Gasteiger partial charge in [0.05, 0.1) is 23.1 Å². The van der Waals surface area contributed by atoms with Crippen LogP contribution in [0.5, 0.6) is 0 Å². The lowest BCUT2D eigenvalue weighted by Crippen LogP contribution is -1.97. The normalized spacial score (nSPS) is 12.0. The molecule has 1 unspecified atom stereocenters. The van der Waals surface area contributed by atoms with Crippen molar-refractivity contribution in [3.63, 3.8) is 0 Å². The molecule has 0 aliphatic rings. The van der Waals surface area contributed by atoms with Crippen LogP contribution in [-0.2, 0) is 0 Å². The van der Waals surface area contributed by atoms with Crippen LogP contribution < -0.4 is 0 Å². The third-order valence-electron chi connectivity index (χ3n) is 1.70. The highest BCUT2D eigenvalue weighted by Crippen LogP contribution is 2.15. The van der Waals surface area contributed by atoms with Crippen molar-refractivity contribution in [2.24, 2.45) is 0 Å². The van der Waals surface area contributed by atoms with Gasteiger partial charge in [0.2, 0.25) is 0 Å². The van der Waals surface area contributed by atoms with Crippen molar-refractivity contribution in [3.05, 3.63) is 52.5 Å². The predicted octanol–water partition coefficient (Wildman–Crippen LogP) is 2.60. The molecular weight excluding hydrogens is 225 g/mol. The van der Waals surface area contributed by atoms with Gasteiger partial charge in [-0.25, -0.2) is 0 Å². The molecule has 0 aromatic carbocycles. The monoisotopic (exact) mass is 237 g/mol. The van der Waals surface area contributed by atoms with Gasteiger partial charge in [-0.2, -0.15) is 0 Å². The Morgan fingerprint density at radius 1 is 1.75 bits per heavy atom. The van der Waals surface area contributed by atoms with Gasteiger partial charge in [-0.3, -0.25) is 0 Å². The molecule has 0 saturated carbocycles. The van der Waals surface area contributed by atoms with Crippen LogP contribution >= 0.6 is 9.24 Å². The number of nitrogens with zero attached hydrogens (tertiary/aromatic N) is 3. The topological polar surface area (TPSA) is 61.0 Å². The van der Waals surface area contributed by atoms with Crippen LogP contribution in [0.1, 0.15) is 6.92 Å². The van der Waals surface area contributed by atoms with Crippen molar-refractivity contribution >= 4 is 20.8 Å². The molecule has 0 aliphatic carbocycles. The summed E-state index contributed by atoms with van der Waals surface area (Å²) in [4.78, 5) is 9.96. The van der Waals surface area contributed by atoms with Crippen LogP contribution in [0.15, 0.2) is 42.4 Å². The first-order valence-electron chi connectivity index (χ1n) is 4.54. The van der Waals surface area contributed by atoms with Crippen molar-refractivity contribution in [2.75, 3.05) is 0 Å². The lowest BCUT2D eigenvalue weighted by Gasteiger charge is -1.97. The van der Waals surface area contributed by atoms with E-state index in [0.29, 0.717) is 0 Å². The summed E-state index contributed by atoms with van der Waals surface area (Å²) in [6, 6.07) is 1.35. The number of rotatable bonds is 4. The first-order valence-corrected chi connectivity index (χ1v) is 5.11. The molecule has 0 radical (unpaired) electrons. The standard InChI is InChI=1S/C10H12N3O2P/c1-3-4-9(7-8(2)16)12-6-5-10(11-12)13(14)15/h3-7H,2,16H2,1H3/b4-3-,9-7+. The average molecular weight is 237 g/mol. The van der Waals surface area contributed by atoms with Gasteiger partial charge in [-0.15, -0.1) is 13.9 Å². The third-order valence-corrected chi connectivity index (χ3v) is 1.86. The van der Waals surface area contributed by atoms with E-state index in [-0.39, 0.29) is 5.82 Å². The zero-order valence-electron chi connectivity index (χ0n) is 8.83. The molecule has 0 saturated heterocycles. The lowest BCUT2D eigenvalue weighted by molar-refractivity contribution is -0.389. The predicted molar refractivity (Wildman–Crippen MR) is 66.8 cm³/mol. The first-order chi connectivity index (χ1) is 7.54. The lowest BCUT2D eigenvalue weighted by atomic mass is 10.3. The van der Waals surface area contributed by atoms with Crippen LogP contribution in [0.25, 0.3) is 5.70 Å². The fraction of sp³-hybridized carbons (Fsp3) is 0.100. The quantitative estimate of drug-likeness (QED) is 0.350. The van der Waals surface area contributed by atoms with E-state index in [1.807, 2.05) is 13.0 Å². The number of nitro groups is 1. The number of aromatic nitrogens is 2. The van der Waals surface area contributed by atoms with E-state index in [0.717, 1.165) is 11.0 Å². The second-order valence-corrected chi connectivity index (χ2v) is 3.76. The molecule has 6 heteroatoms. The number of hydrogen-bond acceptors (Lipinski definition) is 3. The van der Waals surface area contributed by atoms with Gasteiger partial charge < -0.3 is 10.1 Å². The Morgan fingerprint density at radius 2 is 2.44 bits per heavy atom. The molecule has 1 aromatic heterocycles. The Bertz CT molecular complexity index is 474. The van der Waals surface area contributed by atoms with Gasteiger partial charge in [0.15, 0.2) is 0 Å². The molecule has 0 amide bonds. The highest BCUT2D eigenvalue weighted by molar-refractivity contribution is 7.22. The van der Waals surface area contributed by atoms with Crippen molar-refractivity contribution in [1.29, 1.82) is 0 Å². The second kappa shape index (κ2) is 5.37. The van der Waals surface area contributed by atoms with Gasteiger partial charge in [-0.05, 0) is 29.3 Å². The maximum atomic E-state index is 10.5. The summed E-state index contributed by atoms with van der Waals surface area (Å²) in [5, 5.41) is 15.1. The molecule has 0 bridgehead atoms. The highest BCUT2D eigenvalue weighted by atomic mass is 31.0. The minimum Gasteiger partial charge on any atom is -0.358 e. The zero-order valence-corrected chi connectivity index (χ0v) is 9.98. The summed E-state index contributed by atoms with van der Waals surface area (Å²) < 4.78 is 1.44. The molecule has 1 aromatic rings. The molecule has 16 heavy (non-hydrogen) atoms. The van der Waals surface area contributed by atoms with Crippen LogP contribution in [0, 0.1) is 10.1 Å². The summed E-state index contributed by atoms with van der Waals surface area (Å²) in [5.74, 6) is -0.176. The Labute approximate surface area is 95.5 Å². The van der Waals surface area contributed by atoms with Gasteiger partial charge in [0, 0.05) is 0 Å². The molecular formula is C10H12N3O2P. The van der Waals surface area contributed by atoms with Gasteiger partial charge in [0.25, 0.3) is 0 Å². The zero-order chi connectivity index (χ0) is 12.1. The smallest absolute Gasteiger partial charge is 0.358 e. The van der Waals surface area contributed by atoms with Crippen molar-refractivity contribution < 1.29 is 4.92 Å². The largest absolute Gasteiger partial charge is 0.390 e.